The van der Waals surface area contributed by atoms with Crippen LogP contribution in [0.3, 0.4) is 0 Å². The summed E-state index contributed by atoms with van der Waals surface area (Å²) in [6, 6.07) is 3.66. The monoisotopic (exact) mass is 329 g/mol. The Morgan fingerprint density at radius 1 is 1.46 bits per heavy atom. The molecule has 3 heterocycles. The molecule has 126 valence electrons. The molecule has 0 bridgehead atoms. The van der Waals surface area contributed by atoms with Crippen LogP contribution in [0.2, 0.25) is 0 Å². The van der Waals surface area contributed by atoms with Crippen molar-refractivity contribution in [1.82, 2.24) is 14.9 Å². The molecular weight excluding hydrogens is 310 g/mol. The highest BCUT2D eigenvalue weighted by Crippen LogP contribution is 2.21. The van der Waals surface area contributed by atoms with Crippen LogP contribution in [-0.4, -0.2) is 21.5 Å². The molecule has 0 fully saturated rings. The first-order chi connectivity index (χ1) is 11.5. The number of carbonyl (C=O) groups is 1. The van der Waals surface area contributed by atoms with Crippen LogP contribution in [-0.2, 0) is 13.5 Å². The van der Waals surface area contributed by atoms with E-state index in [4.69, 9.17) is 8.83 Å². The van der Waals surface area contributed by atoms with Crippen molar-refractivity contribution >= 4 is 17.0 Å². The summed E-state index contributed by atoms with van der Waals surface area (Å²) < 4.78 is 12.1. The van der Waals surface area contributed by atoms with Crippen molar-refractivity contribution in [2.75, 3.05) is 0 Å². The van der Waals surface area contributed by atoms with Gasteiger partial charge in [-0.3, -0.25) is 9.59 Å². The lowest BCUT2D eigenvalue weighted by molar-refractivity contribution is 0.0938. The van der Waals surface area contributed by atoms with Crippen LogP contribution in [0.15, 0.2) is 38.4 Å². The van der Waals surface area contributed by atoms with Gasteiger partial charge in [-0.15, -0.1) is 0 Å². The summed E-state index contributed by atoms with van der Waals surface area (Å²) in [7, 11) is 1.59. The van der Waals surface area contributed by atoms with Gasteiger partial charge in [-0.2, -0.15) is 0 Å². The molecule has 3 aromatic rings. The van der Waals surface area contributed by atoms with Gasteiger partial charge in [-0.1, -0.05) is 0 Å². The molecule has 0 aliphatic carbocycles. The van der Waals surface area contributed by atoms with Gasteiger partial charge in [0.2, 0.25) is 5.71 Å². The van der Waals surface area contributed by atoms with Crippen LogP contribution in [0.25, 0.3) is 11.1 Å². The van der Waals surface area contributed by atoms with Gasteiger partial charge in [0.1, 0.15) is 23.2 Å². The number of amides is 1. The fraction of sp³-hybridized carbons (Fsp3) is 0.353. The fourth-order valence-electron chi connectivity index (χ4n) is 2.64. The van der Waals surface area contributed by atoms with E-state index in [0.29, 0.717) is 5.76 Å². The van der Waals surface area contributed by atoms with E-state index in [0.717, 1.165) is 18.6 Å². The largest absolute Gasteiger partial charge is 0.469 e. The summed E-state index contributed by atoms with van der Waals surface area (Å²) in [6.45, 7) is 3.57. The van der Waals surface area contributed by atoms with Crippen molar-refractivity contribution < 1.29 is 13.6 Å². The zero-order chi connectivity index (χ0) is 17.3. The number of nitrogens with one attached hydrogen (secondary N) is 1. The van der Waals surface area contributed by atoms with Gasteiger partial charge in [0, 0.05) is 19.5 Å². The first-order valence-electron chi connectivity index (χ1n) is 7.75. The predicted molar refractivity (Wildman–Crippen MR) is 87.9 cm³/mol. The highest BCUT2D eigenvalue weighted by atomic mass is 16.3. The summed E-state index contributed by atoms with van der Waals surface area (Å²) in [5, 5.41) is 3.12. The Morgan fingerprint density at radius 3 is 2.96 bits per heavy atom. The zero-order valence-corrected chi connectivity index (χ0v) is 13.8. The Balaban J connectivity index is 1.80. The van der Waals surface area contributed by atoms with Gasteiger partial charge in [0.15, 0.2) is 0 Å². The minimum Gasteiger partial charge on any atom is -0.469 e. The molecule has 1 N–H and O–H groups in total. The highest BCUT2D eigenvalue weighted by Gasteiger charge is 2.23. The number of carbonyl (C=O) groups excluding carboxylic acids is 1. The maximum absolute atomic E-state index is 12.6. The molecule has 1 amide bonds. The number of nitrogens with zero attached hydrogens (tertiary/aromatic N) is 2. The molecular formula is C17H19N3O4. The molecule has 0 spiro atoms. The second-order valence-electron chi connectivity index (χ2n) is 5.87. The van der Waals surface area contributed by atoms with Crippen molar-refractivity contribution in [1.29, 1.82) is 0 Å². The van der Waals surface area contributed by atoms with E-state index in [2.05, 4.69) is 10.3 Å². The fourth-order valence-corrected chi connectivity index (χ4v) is 2.64. The molecule has 24 heavy (non-hydrogen) atoms. The first kappa shape index (κ1) is 16.0. The Morgan fingerprint density at radius 2 is 2.25 bits per heavy atom. The predicted octanol–water partition coefficient (Wildman–Crippen LogP) is 2.18. The summed E-state index contributed by atoms with van der Waals surface area (Å²) in [5.74, 6) is 0.930. The number of fused-ring (bicyclic) bond motifs is 1. The van der Waals surface area contributed by atoms with Crippen LogP contribution in [0.1, 0.15) is 35.2 Å². The van der Waals surface area contributed by atoms with Gasteiger partial charge in [0.05, 0.1) is 11.8 Å². The maximum atomic E-state index is 12.6. The molecule has 0 radical (unpaired) electrons. The van der Waals surface area contributed by atoms with Crippen LogP contribution in [0, 0.1) is 6.92 Å². The number of hydrogen-bond donors (Lipinski definition) is 1. The van der Waals surface area contributed by atoms with Crippen molar-refractivity contribution in [2.24, 2.45) is 7.05 Å². The van der Waals surface area contributed by atoms with E-state index in [-0.39, 0.29) is 34.2 Å². The average Bonchev–Trinajstić information content (AvgIpc) is 3.16. The second-order valence-corrected chi connectivity index (χ2v) is 5.87. The molecule has 0 saturated heterocycles. The van der Waals surface area contributed by atoms with Crippen molar-refractivity contribution in [2.45, 2.75) is 32.7 Å². The third-order valence-corrected chi connectivity index (χ3v) is 3.96. The maximum Gasteiger partial charge on any atom is 0.265 e. The average molecular weight is 329 g/mol. The topological polar surface area (TPSA) is 90.3 Å². The number of aryl methyl sites for hydroxylation is 3. The lowest BCUT2D eigenvalue weighted by atomic mass is 10.1. The number of aromatic nitrogens is 2. The van der Waals surface area contributed by atoms with E-state index < -0.39 is 0 Å². The van der Waals surface area contributed by atoms with Crippen LogP contribution >= 0.6 is 0 Å². The molecule has 7 heteroatoms. The highest BCUT2D eigenvalue weighted by molar-refractivity contribution is 6.06. The van der Waals surface area contributed by atoms with Gasteiger partial charge in [-0.05, 0) is 32.4 Å². The lowest BCUT2D eigenvalue weighted by Gasteiger charge is -2.13. The standard InChI is InChI=1S/C17H19N3O4/c1-10(6-7-12-5-4-8-23-12)19-15(21)13-11(2)24-16-14(13)17(22)20(3)9-18-16/h4-5,8-10H,6-7H2,1-3H3,(H,19,21)/t10-/m1/s1. The Bertz CT molecular complexity index is 921. The van der Waals surface area contributed by atoms with Gasteiger partial charge in [0.25, 0.3) is 11.5 Å². The Kier molecular flexibility index (Phi) is 4.24. The molecule has 0 aliphatic heterocycles. The van der Waals surface area contributed by atoms with E-state index >= 15 is 0 Å². The zero-order valence-electron chi connectivity index (χ0n) is 13.8. The van der Waals surface area contributed by atoms with Crippen LogP contribution < -0.4 is 10.9 Å². The van der Waals surface area contributed by atoms with Gasteiger partial charge < -0.3 is 18.7 Å². The van der Waals surface area contributed by atoms with Crippen molar-refractivity contribution in [3.63, 3.8) is 0 Å². The normalized spacial score (nSPS) is 12.5. The molecule has 3 rings (SSSR count). The molecule has 0 saturated carbocycles. The van der Waals surface area contributed by atoms with E-state index in [1.165, 1.54) is 10.9 Å². The second kappa shape index (κ2) is 6.35. The molecule has 1 atom stereocenters. The lowest BCUT2D eigenvalue weighted by Crippen LogP contribution is -2.34. The van der Waals surface area contributed by atoms with Crippen molar-refractivity contribution in [3.05, 3.63) is 52.2 Å². The summed E-state index contributed by atoms with van der Waals surface area (Å²) in [5.41, 5.74) is 0.137. The molecule has 0 aromatic carbocycles. The van der Waals surface area contributed by atoms with Gasteiger partial charge >= 0.3 is 0 Å². The van der Waals surface area contributed by atoms with Crippen LogP contribution in [0.4, 0.5) is 0 Å². The number of furan rings is 2. The molecule has 0 unspecified atom stereocenters. The molecule has 7 nitrogen and oxygen atoms in total. The SMILES string of the molecule is Cc1oc2ncn(C)c(=O)c2c1C(=O)N[C@H](C)CCc1ccco1. The number of hydrogen-bond acceptors (Lipinski definition) is 5. The van der Waals surface area contributed by atoms with Crippen LogP contribution in [0.5, 0.6) is 0 Å². The minimum atomic E-state index is -0.330. The summed E-state index contributed by atoms with van der Waals surface area (Å²) in [6.07, 6.45) is 4.46. The van der Waals surface area contributed by atoms with E-state index in [1.54, 1.807) is 20.2 Å². The van der Waals surface area contributed by atoms with E-state index in [1.807, 2.05) is 19.1 Å². The quantitative estimate of drug-likeness (QED) is 0.775. The van der Waals surface area contributed by atoms with E-state index in [9.17, 15) is 9.59 Å². The molecule has 3 aromatic heterocycles. The third kappa shape index (κ3) is 2.97. The van der Waals surface area contributed by atoms with Gasteiger partial charge in [-0.25, -0.2) is 4.98 Å². The smallest absolute Gasteiger partial charge is 0.265 e. The summed E-state index contributed by atoms with van der Waals surface area (Å²) in [4.78, 5) is 29.0. The van der Waals surface area contributed by atoms with Crippen molar-refractivity contribution in [3.8, 4) is 0 Å². The number of rotatable bonds is 5. The third-order valence-electron chi connectivity index (χ3n) is 3.96. The minimum absolute atomic E-state index is 0.0764. The first-order valence-corrected chi connectivity index (χ1v) is 7.75. The Labute approximate surface area is 138 Å². The summed E-state index contributed by atoms with van der Waals surface area (Å²) >= 11 is 0. The Hall–Kier alpha value is -2.83. The molecule has 0 aliphatic rings.